The lowest BCUT2D eigenvalue weighted by molar-refractivity contribution is 0.0541. The van der Waals surface area contributed by atoms with Gasteiger partial charge in [0.1, 0.15) is 5.75 Å². The van der Waals surface area contributed by atoms with Crippen molar-refractivity contribution in [3.05, 3.63) is 30.3 Å². The number of hydrogen-bond donors (Lipinski definition) is 1. The molecule has 0 fully saturated rings. The summed E-state index contributed by atoms with van der Waals surface area (Å²) in [6.45, 7) is 4.54. The van der Waals surface area contributed by atoms with Crippen molar-refractivity contribution in [1.82, 2.24) is 5.32 Å². The fraction of sp³-hybridized carbons (Fsp3) is 0.462. The molecule has 0 saturated carbocycles. The fourth-order valence-corrected chi connectivity index (χ4v) is 1.17. The molecule has 0 atom stereocenters. The van der Waals surface area contributed by atoms with E-state index in [4.69, 9.17) is 14.2 Å². The van der Waals surface area contributed by atoms with Crippen LogP contribution in [0.5, 0.6) is 5.75 Å². The highest BCUT2D eigenvalue weighted by atomic mass is 16.6. The monoisotopic (exact) mass is 252 g/mol. The van der Waals surface area contributed by atoms with E-state index >= 15 is 0 Å². The number of carbonyl (C=O) groups excluding carboxylic acids is 1. The third-order valence-corrected chi connectivity index (χ3v) is 1.98. The average Bonchev–Trinajstić information content (AvgIpc) is 2.39. The van der Waals surface area contributed by atoms with Gasteiger partial charge in [-0.3, -0.25) is 0 Å². The van der Waals surface area contributed by atoms with Crippen molar-refractivity contribution in [3.63, 3.8) is 0 Å². The molecule has 0 bridgehead atoms. The third kappa shape index (κ3) is 6.88. The summed E-state index contributed by atoms with van der Waals surface area (Å²) in [6, 6.07) is 9.71. The summed E-state index contributed by atoms with van der Waals surface area (Å²) in [5, 5.41) is 2.58. The highest BCUT2D eigenvalue weighted by Gasteiger charge is 2.02. The van der Waals surface area contributed by atoms with Gasteiger partial charge in [-0.1, -0.05) is 18.2 Å². The number of carbonyl (C=O) groups is 1. The largest absolute Gasteiger partial charge is 0.412 e. The van der Waals surface area contributed by atoms with Gasteiger partial charge in [-0.05, 0) is 13.0 Å². The normalized spacial score (nSPS) is 10.1. The quantitative estimate of drug-likeness (QED) is 0.714. The minimum absolute atomic E-state index is 0.396. The number of ether oxygens (including phenoxy) is 3. The summed E-state index contributed by atoms with van der Waals surface area (Å²) in [6.07, 6.45) is -0.508. The van der Waals surface area contributed by atoms with Gasteiger partial charge in [0.15, 0.2) is 0 Å². The van der Waals surface area contributed by atoms with Crippen LogP contribution in [0, 0.1) is 6.07 Å². The molecule has 0 aromatic heterocycles. The SMILES string of the molecule is CCOCCOCCNC(=O)Oc1[c]cccc1. The topological polar surface area (TPSA) is 56.8 Å². The molecule has 1 rings (SSSR count). The van der Waals surface area contributed by atoms with E-state index in [1.165, 1.54) is 0 Å². The second kappa shape index (κ2) is 9.44. The lowest BCUT2D eigenvalue weighted by atomic mass is 10.3. The average molecular weight is 252 g/mol. The fourth-order valence-electron chi connectivity index (χ4n) is 1.17. The number of nitrogens with one attached hydrogen (secondary N) is 1. The van der Waals surface area contributed by atoms with Gasteiger partial charge in [0.2, 0.25) is 0 Å². The number of para-hydroxylation sites is 1. The van der Waals surface area contributed by atoms with E-state index in [1.807, 2.05) is 6.92 Å². The number of benzene rings is 1. The molecule has 0 aliphatic heterocycles. The highest BCUT2D eigenvalue weighted by Crippen LogP contribution is 2.06. The Balaban J connectivity index is 2.00. The molecular weight excluding hydrogens is 234 g/mol. The van der Waals surface area contributed by atoms with E-state index in [0.29, 0.717) is 38.7 Å². The van der Waals surface area contributed by atoms with Crippen molar-refractivity contribution < 1.29 is 19.0 Å². The molecule has 1 radical (unpaired) electrons. The molecule has 99 valence electrons. The van der Waals surface area contributed by atoms with Gasteiger partial charge in [0, 0.05) is 19.2 Å². The first-order valence-corrected chi connectivity index (χ1v) is 5.91. The maximum absolute atomic E-state index is 11.3. The maximum Gasteiger partial charge on any atom is 0.412 e. The molecule has 1 aromatic carbocycles. The summed E-state index contributed by atoms with van der Waals surface area (Å²) in [5.74, 6) is 0.396. The Hall–Kier alpha value is -1.59. The van der Waals surface area contributed by atoms with Crippen molar-refractivity contribution in [1.29, 1.82) is 0 Å². The second-order valence-electron chi connectivity index (χ2n) is 3.35. The summed E-state index contributed by atoms with van der Waals surface area (Å²) < 4.78 is 15.3. The van der Waals surface area contributed by atoms with Crippen LogP contribution in [-0.2, 0) is 9.47 Å². The van der Waals surface area contributed by atoms with Crippen LogP contribution in [0.2, 0.25) is 0 Å². The zero-order chi connectivity index (χ0) is 13.1. The van der Waals surface area contributed by atoms with Crippen molar-refractivity contribution in [2.24, 2.45) is 0 Å². The van der Waals surface area contributed by atoms with E-state index in [2.05, 4.69) is 11.4 Å². The van der Waals surface area contributed by atoms with E-state index in [9.17, 15) is 4.79 Å². The number of amides is 1. The van der Waals surface area contributed by atoms with Gasteiger partial charge in [0.25, 0.3) is 0 Å². The summed E-state index contributed by atoms with van der Waals surface area (Å²) in [4.78, 5) is 11.3. The smallest absolute Gasteiger partial charge is 0.410 e. The van der Waals surface area contributed by atoms with Gasteiger partial charge in [-0.15, -0.1) is 0 Å². The van der Waals surface area contributed by atoms with Crippen LogP contribution in [0.1, 0.15) is 6.92 Å². The Kier molecular flexibility index (Phi) is 7.59. The molecule has 5 nitrogen and oxygen atoms in total. The highest BCUT2D eigenvalue weighted by molar-refractivity contribution is 5.70. The minimum atomic E-state index is -0.508. The van der Waals surface area contributed by atoms with Gasteiger partial charge < -0.3 is 19.5 Å². The molecule has 1 amide bonds. The molecule has 0 saturated heterocycles. The molecule has 0 aliphatic rings. The first kappa shape index (κ1) is 14.5. The predicted octanol–water partition coefficient (Wildman–Crippen LogP) is 1.63. The van der Waals surface area contributed by atoms with Crippen LogP contribution in [-0.4, -0.2) is 39.1 Å². The molecule has 0 unspecified atom stereocenters. The maximum atomic E-state index is 11.3. The Labute approximate surface area is 107 Å². The van der Waals surface area contributed by atoms with Gasteiger partial charge in [-0.25, -0.2) is 4.79 Å². The lowest BCUT2D eigenvalue weighted by Gasteiger charge is -2.07. The molecule has 1 N–H and O–H groups in total. The Morgan fingerprint density at radius 2 is 2.11 bits per heavy atom. The van der Waals surface area contributed by atoms with E-state index in [1.54, 1.807) is 24.3 Å². The van der Waals surface area contributed by atoms with Crippen LogP contribution in [0.25, 0.3) is 0 Å². The predicted molar refractivity (Wildman–Crippen MR) is 66.6 cm³/mol. The van der Waals surface area contributed by atoms with Gasteiger partial charge >= 0.3 is 6.09 Å². The summed E-state index contributed by atoms with van der Waals surface area (Å²) in [7, 11) is 0. The molecule has 18 heavy (non-hydrogen) atoms. The molecule has 5 heteroatoms. The van der Waals surface area contributed by atoms with Crippen LogP contribution in [0.4, 0.5) is 4.79 Å². The number of rotatable bonds is 8. The Morgan fingerprint density at radius 1 is 1.28 bits per heavy atom. The Morgan fingerprint density at radius 3 is 2.83 bits per heavy atom. The summed E-state index contributed by atoms with van der Waals surface area (Å²) >= 11 is 0. The molecule has 0 spiro atoms. The van der Waals surface area contributed by atoms with E-state index < -0.39 is 6.09 Å². The first-order valence-electron chi connectivity index (χ1n) is 5.91. The van der Waals surface area contributed by atoms with Crippen molar-refractivity contribution in [3.8, 4) is 5.75 Å². The molecule has 0 aliphatic carbocycles. The summed E-state index contributed by atoms with van der Waals surface area (Å²) in [5.41, 5.74) is 0. The zero-order valence-corrected chi connectivity index (χ0v) is 10.5. The first-order chi connectivity index (χ1) is 8.83. The lowest BCUT2D eigenvalue weighted by Crippen LogP contribution is -2.30. The molecule has 0 heterocycles. The molecular formula is C13H18NO4. The zero-order valence-electron chi connectivity index (χ0n) is 10.5. The van der Waals surface area contributed by atoms with Crippen LogP contribution >= 0.6 is 0 Å². The van der Waals surface area contributed by atoms with Crippen molar-refractivity contribution in [2.45, 2.75) is 6.92 Å². The van der Waals surface area contributed by atoms with Gasteiger partial charge in [0.05, 0.1) is 19.8 Å². The van der Waals surface area contributed by atoms with E-state index in [-0.39, 0.29) is 0 Å². The van der Waals surface area contributed by atoms with Crippen molar-refractivity contribution in [2.75, 3.05) is 33.0 Å². The van der Waals surface area contributed by atoms with Crippen LogP contribution < -0.4 is 10.1 Å². The molecule has 1 aromatic rings. The third-order valence-electron chi connectivity index (χ3n) is 1.98. The van der Waals surface area contributed by atoms with Crippen LogP contribution in [0.3, 0.4) is 0 Å². The number of hydrogen-bond acceptors (Lipinski definition) is 4. The van der Waals surface area contributed by atoms with Gasteiger partial charge in [-0.2, -0.15) is 0 Å². The van der Waals surface area contributed by atoms with Crippen LogP contribution in [0.15, 0.2) is 24.3 Å². The standard InChI is InChI=1S/C13H18NO4/c1-2-16-10-11-17-9-8-14-13(15)18-12-6-4-3-5-7-12/h3-6H,2,8-11H2,1H3,(H,14,15). The second-order valence-corrected chi connectivity index (χ2v) is 3.35. The minimum Gasteiger partial charge on any atom is -0.410 e. The Bertz CT molecular complexity index is 329. The van der Waals surface area contributed by atoms with Crippen molar-refractivity contribution >= 4 is 6.09 Å². The van der Waals surface area contributed by atoms with E-state index in [0.717, 1.165) is 0 Å².